The molecule has 0 fully saturated rings. The van der Waals surface area contributed by atoms with Crippen LogP contribution in [0.2, 0.25) is 0 Å². The first-order valence-electron chi connectivity index (χ1n) is 9.84. The average Bonchev–Trinajstić information content (AvgIpc) is 3.15. The minimum atomic E-state index is -0.148. The Morgan fingerprint density at radius 1 is 0.968 bits per heavy atom. The highest BCUT2D eigenvalue weighted by Crippen LogP contribution is 2.30. The number of thioether (sulfide) groups is 1. The smallest absolute Gasteiger partial charge is 0.234 e. The first kappa shape index (κ1) is 20.7. The summed E-state index contributed by atoms with van der Waals surface area (Å²) in [4.78, 5) is 12.7. The van der Waals surface area contributed by atoms with Crippen LogP contribution in [0.3, 0.4) is 0 Å². The maximum absolute atomic E-state index is 12.7. The predicted octanol–water partition coefficient (Wildman–Crippen LogP) is 5.41. The van der Waals surface area contributed by atoms with Gasteiger partial charge in [0.15, 0.2) is 10.9 Å². The zero-order valence-corrected chi connectivity index (χ0v) is 18.1. The van der Waals surface area contributed by atoms with Crippen LogP contribution in [0.1, 0.15) is 11.4 Å². The van der Waals surface area contributed by atoms with E-state index in [1.54, 1.807) is 0 Å². The van der Waals surface area contributed by atoms with Gasteiger partial charge in [0.2, 0.25) is 5.91 Å². The first-order valence-corrected chi connectivity index (χ1v) is 10.8. The molecule has 31 heavy (non-hydrogen) atoms. The number of ether oxygens (including phenoxy) is 1. The van der Waals surface area contributed by atoms with Crippen LogP contribution < -0.4 is 10.1 Å². The summed E-state index contributed by atoms with van der Waals surface area (Å²) < 4.78 is 7.92. The lowest BCUT2D eigenvalue weighted by molar-refractivity contribution is -0.113. The molecule has 0 aliphatic heterocycles. The molecule has 4 aromatic rings. The Morgan fingerprint density at radius 3 is 2.55 bits per heavy atom. The summed E-state index contributed by atoms with van der Waals surface area (Å²) in [5, 5.41) is 12.0. The maximum Gasteiger partial charge on any atom is 0.234 e. The van der Waals surface area contributed by atoms with E-state index in [9.17, 15) is 4.79 Å². The molecule has 6 nitrogen and oxygen atoms in total. The van der Waals surface area contributed by atoms with E-state index in [2.05, 4.69) is 15.5 Å². The fraction of sp³-hybridized carbons (Fsp3) is 0.125. The number of amides is 1. The third kappa shape index (κ3) is 5.13. The minimum Gasteiger partial charge on any atom is -0.455 e. The van der Waals surface area contributed by atoms with Crippen LogP contribution in [0.15, 0.2) is 84.0 Å². The second-order valence-electron chi connectivity index (χ2n) is 6.95. The number of aromatic nitrogens is 3. The number of aryl methyl sites for hydroxylation is 2. The van der Waals surface area contributed by atoms with Gasteiger partial charge in [-0.1, -0.05) is 54.2 Å². The van der Waals surface area contributed by atoms with Gasteiger partial charge in [-0.15, -0.1) is 10.2 Å². The largest absolute Gasteiger partial charge is 0.455 e. The van der Waals surface area contributed by atoms with Gasteiger partial charge < -0.3 is 10.1 Å². The van der Waals surface area contributed by atoms with E-state index in [-0.39, 0.29) is 11.7 Å². The average molecular weight is 431 g/mol. The van der Waals surface area contributed by atoms with Crippen molar-refractivity contribution in [3.8, 4) is 17.2 Å². The summed E-state index contributed by atoms with van der Waals surface area (Å²) in [6.45, 7) is 3.90. The molecule has 1 amide bonds. The lowest BCUT2D eigenvalue weighted by atomic mass is 10.2. The number of hydrogen-bond acceptors (Lipinski definition) is 5. The van der Waals surface area contributed by atoms with E-state index in [1.165, 1.54) is 11.8 Å². The summed E-state index contributed by atoms with van der Waals surface area (Å²) in [5.41, 5.74) is 2.69. The van der Waals surface area contributed by atoms with Crippen LogP contribution in [0, 0.1) is 13.8 Å². The molecule has 156 valence electrons. The molecule has 0 saturated carbocycles. The van der Waals surface area contributed by atoms with E-state index >= 15 is 0 Å². The van der Waals surface area contributed by atoms with E-state index in [1.807, 2.05) is 97.3 Å². The van der Waals surface area contributed by atoms with Crippen molar-refractivity contribution in [1.82, 2.24) is 14.8 Å². The molecule has 0 spiro atoms. The number of hydrogen-bond donors (Lipinski definition) is 1. The molecule has 4 rings (SSSR count). The van der Waals surface area contributed by atoms with Gasteiger partial charge in [-0.25, -0.2) is 0 Å². The fourth-order valence-corrected chi connectivity index (χ4v) is 3.89. The van der Waals surface area contributed by atoms with Gasteiger partial charge in [0.05, 0.1) is 11.4 Å². The summed E-state index contributed by atoms with van der Waals surface area (Å²) in [7, 11) is 0. The number of anilines is 1. The Hall–Kier alpha value is -3.58. The third-order valence-electron chi connectivity index (χ3n) is 4.52. The third-order valence-corrected chi connectivity index (χ3v) is 5.45. The minimum absolute atomic E-state index is 0.148. The molecular formula is C24H22N4O2S. The second-order valence-corrected chi connectivity index (χ2v) is 7.89. The van der Waals surface area contributed by atoms with Crippen molar-refractivity contribution < 1.29 is 9.53 Å². The van der Waals surface area contributed by atoms with E-state index in [0.717, 1.165) is 22.8 Å². The summed E-state index contributed by atoms with van der Waals surface area (Å²) in [6.07, 6.45) is 0. The van der Waals surface area contributed by atoms with Gasteiger partial charge in [0, 0.05) is 5.69 Å². The Morgan fingerprint density at radius 2 is 1.74 bits per heavy atom. The van der Waals surface area contributed by atoms with Crippen molar-refractivity contribution in [1.29, 1.82) is 0 Å². The van der Waals surface area contributed by atoms with Crippen molar-refractivity contribution in [2.24, 2.45) is 0 Å². The molecule has 0 radical (unpaired) electrons. The normalized spacial score (nSPS) is 10.6. The van der Waals surface area contributed by atoms with Crippen LogP contribution in [-0.4, -0.2) is 26.4 Å². The number of benzene rings is 3. The first-order chi connectivity index (χ1) is 15.1. The van der Waals surface area contributed by atoms with Gasteiger partial charge in [0.25, 0.3) is 0 Å². The van der Waals surface area contributed by atoms with Crippen LogP contribution in [0.4, 0.5) is 5.69 Å². The Labute approximate surface area is 185 Å². The lowest BCUT2D eigenvalue weighted by Gasteiger charge is -2.13. The van der Waals surface area contributed by atoms with Crippen LogP contribution in [0.25, 0.3) is 5.69 Å². The van der Waals surface area contributed by atoms with E-state index in [0.29, 0.717) is 16.6 Å². The highest BCUT2D eigenvalue weighted by molar-refractivity contribution is 7.99. The van der Waals surface area contributed by atoms with Gasteiger partial charge in [-0.3, -0.25) is 9.36 Å². The number of rotatable bonds is 7. The Kier molecular flexibility index (Phi) is 6.33. The number of carbonyl (C=O) groups excluding carboxylic acids is 1. The highest BCUT2D eigenvalue weighted by atomic mass is 32.2. The molecule has 7 heteroatoms. The molecule has 0 unspecified atom stereocenters. The van der Waals surface area contributed by atoms with Gasteiger partial charge >= 0.3 is 0 Å². The highest BCUT2D eigenvalue weighted by Gasteiger charge is 2.14. The number of para-hydroxylation sites is 3. The fourth-order valence-electron chi connectivity index (χ4n) is 3.09. The lowest BCUT2D eigenvalue weighted by Crippen LogP contribution is -2.15. The molecule has 0 aliphatic carbocycles. The van der Waals surface area contributed by atoms with E-state index < -0.39 is 0 Å². The molecule has 0 saturated heterocycles. The summed E-state index contributed by atoms with van der Waals surface area (Å²) >= 11 is 1.34. The summed E-state index contributed by atoms with van der Waals surface area (Å²) in [6, 6.07) is 25.0. The number of nitrogens with one attached hydrogen (secondary N) is 1. The van der Waals surface area contributed by atoms with Crippen molar-refractivity contribution >= 4 is 23.4 Å². The monoisotopic (exact) mass is 430 g/mol. The topological polar surface area (TPSA) is 69.0 Å². The molecule has 1 N–H and O–H groups in total. The second kappa shape index (κ2) is 9.49. The molecule has 1 heterocycles. The molecule has 0 aliphatic rings. The Bertz CT molecular complexity index is 1190. The van der Waals surface area contributed by atoms with Crippen molar-refractivity contribution in [3.63, 3.8) is 0 Å². The van der Waals surface area contributed by atoms with Crippen molar-refractivity contribution in [2.75, 3.05) is 11.1 Å². The Balaban J connectivity index is 1.44. The van der Waals surface area contributed by atoms with E-state index in [4.69, 9.17) is 4.74 Å². The number of nitrogens with zero attached hydrogens (tertiary/aromatic N) is 3. The number of carbonyl (C=O) groups is 1. The molecule has 1 aromatic heterocycles. The quantitative estimate of drug-likeness (QED) is 0.397. The zero-order chi connectivity index (χ0) is 21.6. The molecular weight excluding hydrogens is 408 g/mol. The van der Waals surface area contributed by atoms with Gasteiger partial charge in [0.1, 0.15) is 11.6 Å². The predicted molar refractivity (Wildman–Crippen MR) is 123 cm³/mol. The van der Waals surface area contributed by atoms with Crippen molar-refractivity contribution in [3.05, 3.63) is 90.3 Å². The maximum atomic E-state index is 12.7. The molecule has 3 aromatic carbocycles. The van der Waals surface area contributed by atoms with Crippen LogP contribution in [-0.2, 0) is 4.79 Å². The van der Waals surface area contributed by atoms with Gasteiger partial charge in [-0.05, 0) is 55.8 Å². The van der Waals surface area contributed by atoms with Crippen molar-refractivity contribution in [2.45, 2.75) is 19.0 Å². The standard InChI is InChI=1S/C24H22N4O2S/c1-17-9-8-12-20(15-17)30-22-14-7-6-13-21(22)25-23(29)16-31-24-27-26-18(2)28(24)19-10-4-3-5-11-19/h3-15H,16H2,1-2H3,(H,25,29). The molecule has 0 bridgehead atoms. The van der Waals surface area contributed by atoms with Crippen LogP contribution in [0.5, 0.6) is 11.5 Å². The zero-order valence-electron chi connectivity index (χ0n) is 17.3. The SMILES string of the molecule is Cc1cccc(Oc2ccccc2NC(=O)CSc2nnc(C)n2-c2ccccc2)c1. The van der Waals surface area contributed by atoms with Crippen LogP contribution >= 0.6 is 11.8 Å². The molecule has 0 atom stereocenters. The van der Waals surface area contributed by atoms with Gasteiger partial charge in [-0.2, -0.15) is 0 Å². The summed E-state index contributed by atoms with van der Waals surface area (Å²) in [5.74, 6) is 2.14.